The summed E-state index contributed by atoms with van der Waals surface area (Å²) in [6, 6.07) is 0. The van der Waals surface area contributed by atoms with E-state index in [0.717, 1.165) is 29.6 Å². The fraction of sp³-hybridized carbons (Fsp3) is 0.929. The van der Waals surface area contributed by atoms with Gasteiger partial charge >= 0.3 is 0 Å². The van der Waals surface area contributed by atoms with Crippen LogP contribution in [-0.2, 0) is 0 Å². The molecule has 29 heavy (non-hydrogen) atoms. The van der Waals surface area contributed by atoms with Crippen LogP contribution in [0.5, 0.6) is 0 Å². The van der Waals surface area contributed by atoms with Gasteiger partial charge in [0.25, 0.3) is 0 Å². The summed E-state index contributed by atoms with van der Waals surface area (Å²) < 4.78 is 0. The molecule has 1 nitrogen and oxygen atoms in total. The van der Waals surface area contributed by atoms with E-state index < -0.39 is 0 Å². The lowest BCUT2D eigenvalue weighted by atomic mass is 9.48. The van der Waals surface area contributed by atoms with Gasteiger partial charge in [-0.05, 0) is 97.2 Å². The smallest absolute Gasteiger partial charge is 0.0459 e. The first kappa shape index (κ1) is 21.9. The quantitative estimate of drug-likeness (QED) is 0.454. The fourth-order valence-corrected chi connectivity index (χ4v) is 8.71. The topological polar surface area (TPSA) is 20.2 Å². The van der Waals surface area contributed by atoms with Gasteiger partial charge in [-0.1, -0.05) is 72.0 Å². The summed E-state index contributed by atoms with van der Waals surface area (Å²) in [5.74, 6) is 5.58. The molecule has 0 bridgehead atoms. The van der Waals surface area contributed by atoms with Crippen LogP contribution in [0.15, 0.2) is 11.6 Å². The highest BCUT2D eigenvalue weighted by molar-refractivity contribution is 5.27. The van der Waals surface area contributed by atoms with Gasteiger partial charge in [-0.25, -0.2) is 0 Å². The maximum atomic E-state index is 9.48. The van der Waals surface area contributed by atoms with Gasteiger partial charge in [0.1, 0.15) is 0 Å². The van der Waals surface area contributed by atoms with E-state index in [1.165, 1.54) is 70.6 Å². The molecule has 9 atom stereocenters. The Bertz CT molecular complexity index is 607. The van der Waals surface area contributed by atoms with Crippen molar-refractivity contribution in [3.8, 4) is 0 Å². The van der Waals surface area contributed by atoms with E-state index >= 15 is 0 Å². The second-order valence-corrected chi connectivity index (χ2v) is 12.4. The third-order valence-corrected chi connectivity index (χ3v) is 11.1. The van der Waals surface area contributed by atoms with E-state index in [9.17, 15) is 5.11 Å². The molecule has 0 heterocycles. The Balaban J connectivity index is 1.47. The van der Waals surface area contributed by atoms with Gasteiger partial charge in [0.05, 0.1) is 0 Å². The lowest BCUT2D eigenvalue weighted by Crippen LogP contribution is -2.48. The SMILES string of the molecule is CC(CO)C(C)CC[C@@H](C)[C@H]1CC[C@H]2C3=CCC4CCCC[C@]4(C)[C@H]3CC[C@]12C. The lowest BCUT2D eigenvalue weighted by Gasteiger charge is -2.57. The highest BCUT2D eigenvalue weighted by Crippen LogP contribution is 2.66. The Kier molecular flexibility index (Phi) is 6.29. The summed E-state index contributed by atoms with van der Waals surface area (Å²) in [5.41, 5.74) is 3.09. The molecule has 3 fully saturated rings. The molecule has 0 aliphatic heterocycles. The van der Waals surface area contributed by atoms with Crippen LogP contribution in [0.4, 0.5) is 0 Å². The molecule has 1 N–H and O–H groups in total. The molecule has 0 spiro atoms. The standard InChI is InChI=1S/C28H48O/c1-19(21(3)18-29)9-10-20(2)24-13-14-25-23-12-11-22-8-6-7-16-27(22,4)26(23)15-17-28(24,25)5/h12,19-22,24-26,29H,6-11,13-18H2,1-5H3/t19?,20-,21?,22?,24-,25+,26+,27+,28-/m1/s1. The molecule has 4 aliphatic rings. The molecule has 0 aromatic heterocycles. The maximum absolute atomic E-state index is 9.48. The van der Waals surface area contributed by atoms with Crippen molar-refractivity contribution in [3.63, 3.8) is 0 Å². The van der Waals surface area contributed by atoms with Crippen molar-refractivity contribution in [2.24, 2.45) is 52.3 Å². The van der Waals surface area contributed by atoms with Gasteiger partial charge in [-0.15, -0.1) is 0 Å². The number of allylic oxidation sites excluding steroid dienone is 2. The third-order valence-electron chi connectivity index (χ3n) is 11.1. The normalized spacial score (nSPS) is 44.8. The van der Waals surface area contributed by atoms with Gasteiger partial charge in [0, 0.05) is 6.61 Å². The van der Waals surface area contributed by atoms with E-state index in [0.29, 0.717) is 29.3 Å². The number of hydrogen-bond donors (Lipinski definition) is 1. The highest BCUT2D eigenvalue weighted by atomic mass is 16.3. The van der Waals surface area contributed by atoms with Crippen LogP contribution in [0.3, 0.4) is 0 Å². The van der Waals surface area contributed by atoms with Crippen LogP contribution >= 0.6 is 0 Å². The Morgan fingerprint density at radius 1 is 0.897 bits per heavy atom. The van der Waals surface area contributed by atoms with Gasteiger partial charge in [0.15, 0.2) is 0 Å². The molecular formula is C28H48O. The van der Waals surface area contributed by atoms with Crippen molar-refractivity contribution in [1.29, 1.82) is 0 Å². The molecular weight excluding hydrogens is 352 g/mol. The molecule has 4 rings (SSSR count). The number of aliphatic hydroxyl groups is 1. The lowest BCUT2D eigenvalue weighted by molar-refractivity contribution is -0.00835. The van der Waals surface area contributed by atoms with Crippen LogP contribution in [0, 0.1) is 52.3 Å². The summed E-state index contributed by atoms with van der Waals surface area (Å²) in [6.07, 6.45) is 18.6. The van der Waals surface area contributed by atoms with Gasteiger partial charge in [-0.2, -0.15) is 0 Å². The largest absolute Gasteiger partial charge is 0.396 e. The Morgan fingerprint density at radius 3 is 2.41 bits per heavy atom. The molecule has 0 aromatic rings. The first-order valence-electron chi connectivity index (χ1n) is 13.1. The molecule has 4 aliphatic carbocycles. The Labute approximate surface area is 181 Å². The van der Waals surface area contributed by atoms with E-state index in [2.05, 4.69) is 40.7 Å². The number of aliphatic hydroxyl groups excluding tert-OH is 1. The zero-order valence-corrected chi connectivity index (χ0v) is 20.1. The van der Waals surface area contributed by atoms with E-state index in [1.807, 2.05) is 5.57 Å². The number of rotatable bonds is 6. The first-order valence-corrected chi connectivity index (χ1v) is 13.1. The van der Waals surface area contributed by atoms with Crippen molar-refractivity contribution in [2.45, 2.75) is 105 Å². The second kappa shape index (κ2) is 8.33. The van der Waals surface area contributed by atoms with Crippen molar-refractivity contribution < 1.29 is 5.11 Å². The van der Waals surface area contributed by atoms with Crippen molar-refractivity contribution in [2.75, 3.05) is 6.61 Å². The van der Waals surface area contributed by atoms with Crippen LogP contribution in [-0.4, -0.2) is 11.7 Å². The number of fused-ring (bicyclic) bond motifs is 5. The van der Waals surface area contributed by atoms with Gasteiger partial charge in [0.2, 0.25) is 0 Å². The van der Waals surface area contributed by atoms with Crippen LogP contribution < -0.4 is 0 Å². The average molecular weight is 401 g/mol. The Morgan fingerprint density at radius 2 is 1.66 bits per heavy atom. The van der Waals surface area contributed by atoms with Gasteiger partial charge < -0.3 is 5.11 Å². The maximum Gasteiger partial charge on any atom is 0.0459 e. The zero-order valence-electron chi connectivity index (χ0n) is 20.1. The minimum Gasteiger partial charge on any atom is -0.396 e. The summed E-state index contributed by atoms with van der Waals surface area (Å²) in [4.78, 5) is 0. The Hall–Kier alpha value is -0.300. The van der Waals surface area contributed by atoms with Crippen LogP contribution in [0.25, 0.3) is 0 Å². The molecule has 1 heteroatoms. The highest BCUT2D eigenvalue weighted by Gasteiger charge is 2.57. The average Bonchev–Trinajstić information content (AvgIpc) is 3.08. The second-order valence-electron chi connectivity index (χ2n) is 12.4. The molecule has 3 unspecified atom stereocenters. The zero-order chi connectivity index (χ0) is 20.8. The van der Waals surface area contributed by atoms with Crippen molar-refractivity contribution in [1.82, 2.24) is 0 Å². The van der Waals surface area contributed by atoms with E-state index in [1.54, 1.807) is 0 Å². The van der Waals surface area contributed by atoms with Crippen molar-refractivity contribution >= 4 is 0 Å². The summed E-state index contributed by atoms with van der Waals surface area (Å²) in [6.45, 7) is 12.8. The molecule has 3 saturated carbocycles. The summed E-state index contributed by atoms with van der Waals surface area (Å²) >= 11 is 0. The minimum atomic E-state index is 0.341. The van der Waals surface area contributed by atoms with E-state index in [-0.39, 0.29) is 0 Å². The summed E-state index contributed by atoms with van der Waals surface area (Å²) in [7, 11) is 0. The first-order chi connectivity index (χ1) is 13.8. The number of hydrogen-bond acceptors (Lipinski definition) is 1. The third kappa shape index (κ3) is 3.66. The van der Waals surface area contributed by atoms with Crippen LogP contribution in [0.2, 0.25) is 0 Å². The molecule has 0 amide bonds. The fourth-order valence-electron chi connectivity index (χ4n) is 8.71. The monoisotopic (exact) mass is 400 g/mol. The predicted octanol–water partition coefficient (Wildman–Crippen LogP) is 7.64. The molecule has 166 valence electrons. The van der Waals surface area contributed by atoms with E-state index in [4.69, 9.17) is 0 Å². The van der Waals surface area contributed by atoms with Gasteiger partial charge in [-0.3, -0.25) is 0 Å². The summed E-state index contributed by atoms with van der Waals surface area (Å²) in [5, 5.41) is 9.48. The minimum absolute atomic E-state index is 0.341. The van der Waals surface area contributed by atoms with Crippen LogP contribution in [0.1, 0.15) is 105 Å². The molecule has 0 aromatic carbocycles. The van der Waals surface area contributed by atoms with Crippen molar-refractivity contribution in [3.05, 3.63) is 11.6 Å². The molecule has 0 radical (unpaired) electrons. The molecule has 0 saturated heterocycles. The predicted molar refractivity (Wildman–Crippen MR) is 124 cm³/mol.